The maximum Gasteiger partial charge on any atom is 0.188 e. The van der Waals surface area contributed by atoms with Gasteiger partial charge in [-0.05, 0) is 148 Å². The molecule has 0 bridgehead atoms. The Balaban J connectivity index is 1.15. The molecule has 2 saturated heterocycles. The summed E-state index contributed by atoms with van der Waals surface area (Å²) >= 11 is 16.7. The van der Waals surface area contributed by atoms with Gasteiger partial charge in [-0.15, -0.1) is 0 Å². The summed E-state index contributed by atoms with van der Waals surface area (Å²) < 4.78 is 41.8. The molecule has 12 heteroatoms. The summed E-state index contributed by atoms with van der Waals surface area (Å²) in [6.45, 7) is 12.4. The van der Waals surface area contributed by atoms with Gasteiger partial charge in [0.05, 0.1) is 18.8 Å². The predicted octanol–water partition coefficient (Wildman–Crippen LogP) is 6.30. The Morgan fingerprint density at radius 3 is 2.20 bits per heavy atom. The van der Waals surface area contributed by atoms with Crippen LogP contribution in [0.25, 0.3) is 0 Å². The fraction of sp³-hybridized carbons (Fsp3) is 0.969. The van der Waals surface area contributed by atoms with Crippen molar-refractivity contribution >= 4 is 57.9 Å². The number of carbonyl (C=O) groups is 1. The van der Waals surface area contributed by atoms with Gasteiger partial charge < -0.3 is 35.7 Å². The lowest BCUT2D eigenvalue weighted by Crippen LogP contribution is -2.61. The molecule has 5 aliphatic carbocycles. The molecular formula is C32H50O8S4. The summed E-state index contributed by atoms with van der Waals surface area (Å²) in [5.74, 6) is 1.83. The molecule has 7 rings (SSSR count). The van der Waals surface area contributed by atoms with E-state index in [1.807, 2.05) is 0 Å². The highest BCUT2D eigenvalue weighted by Crippen LogP contribution is 2.89. The molecule has 8 nitrogen and oxygen atoms in total. The van der Waals surface area contributed by atoms with Crippen molar-refractivity contribution in [1.29, 1.82) is 0 Å². The Hall–Kier alpha value is 0.790. The average Bonchev–Trinajstić information content (AvgIpc) is 3.62. The van der Waals surface area contributed by atoms with Gasteiger partial charge in [0, 0.05) is 5.41 Å². The van der Waals surface area contributed by atoms with E-state index in [2.05, 4.69) is 86.3 Å². The van der Waals surface area contributed by atoms with E-state index in [0.717, 1.165) is 38.4 Å². The van der Waals surface area contributed by atoms with Gasteiger partial charge in [0.25, 0.3) is 0 Å². The first-order valence-corrected chi connectivity index (χ1v) is 18.0. The first-order valence-electron chi connectivity index (χ1n) is 16.5. The number of fused-ring (bicyclic) bond motifs is 4. The molecule has 16 atom stereocenters. The molecule has 3 unspecified atom stereocenters. The van der Waals surface area contributed by atoms with E-state index in [9.17, 15) is 4.79 Å². The minimum atomic E-state index is -0.645. The Morgan fingerprint density at radius 1 is 0.841 bits per heavy atom. The van der Waals surface area contributed by atoms with E-state index in [0.29, 0.717) is 29.1 Å². The van der Waals surface area contributed by atoms with Crippen molar-refractivity contribution in [2.24, 2.45) is 50.7 Å². The lowest BCUT2D eigenvalue weighted by Gasteiger charge is -2.64. The van der Waals surface area contributed by atoms with Crippen LogP contribution in [0.15, 0.2) is 0 Å². The third kappa shape index (κ3) is 4.17. The van der Waals surface area contributed by atoms with E-state index in [1.54, 1.807) is 0 Å². The first kappa shape index (κ1) is 33.3. The second-order valence-corrected chi connectivity index (χ2v) is 17.2. The lowest BCUT2D eigenvalue weighted by atomic mass is 9.41. The normalized spacial score (nSPS) is 57.3. The molecule has 44 heavy (non-hydrogen) atoms. The van der Waals surface area contributed by atoms with Crippen molar-refractivity contribution in [2.75, 3.05) is 6.61 Å². The molecule has 2 spiro atoms. The Labute approximate surface area is 284 Å². The molecule has 5 saturated carbocycles. The van der Waals surface area contributed by atoms with Crippen LogP contribution in [0.1, 0.15) is 86.0 Å². The molecule has 7 aliphatic rings. The fourth-order valence-electron chi connectivity index (χ4n) is 13.1. The van der Waals surface area contributed by atoms with Gasteiger partial charge in [0.1, 0.15) is 30.7 Å². The minimum Gasteiger partial charge on any atom is -0.364 e. The molecule has 0 radical (unpaired) electrons. The summed E-state index contributed by atoms with van der Waals surface area (Å²) in [4.78, 5) is 11.9. The second-order valence-electron chi connectivity index (χ2n) is 16.4. The van der Waals surface area contributed by atoms with Gasteiger partial charge in [-0.25, -0.2) is 0 Å². The van der Waals surface area contributed by atoms with Gasteiger partial charge in [-0.2, -0.15) is 0 Å². The highest BCUT2D eigenvalue weighted by Gasteiger charge is 2.85. The molecule has 0 aromatic carbocycles. The average molecular weight is 691 g/mol. The monoisotopic (exact) mass is 690 g/mol. The zero-order valence-electron chi connectivity index (χ0n) is 26.4. The summed E-state index contributed by atoms with van der Waals surface area (Å²) in [5.41, 5.74) is 0.510. The quantitative estimate of drug-likeness (QED) is 0.107. The van der Waals surface area contributed by atoms with E-state index >= 15 is 0 Å². The number of hydrogen-bond donors (Lipinski definition) is 4. The summed E-state index contributed by atoms with van der Waals surface area (Å²) in [6.07, 6.45) is 7.06. The number of hydrogen-bond acceptors (Lipinski definition) is 12. The van der Waals surface area contributed by atoms with E-state index in [-0.39, 0.29) is 52.7 Å². The van der Waals surface area contributed by atoms with Crippen molar-refractivity contribution in [2.45, 2.75) is 135 Å². The standard InChI is InChI=1S/C32H50O8S4/c1-16-12-17(13-33)35-24-22(16)29(4)10-11-32-15-31(32)9-8-21(36-27-25(39-43)23(38-42)18(37-41)14-34-27)28(2,3)19(31)6-7-20(32)30(29,5)26(24)40-44/h13,16-27,41-44H,6-12,14-15H2,1-5H3/t16-,17-,18-,19+,20+,21+,22?,23+,24?,25-,26+,27?,29-,30-,31-,32+/m1/s1. The van der Waals surface area contributed by atoms with Crippen LogP contribution in [0.4, 0.5) is 0 Å². The van der Waals surface area contributed by atoms with Gasteiger partial charge >= 0.3 is 0 Å². The highest BCUT2D eigenvalue weighted by atomic mass is 32.1. The first-order chi connectivity index (χ1) is 20.9. The van der Waals surface area contributed by atoms with Crippen LogP contribution in [0, 0.1) is 50.7 Å². The van der Waals surface area contributed by atoms with Crippen LogP contribution in [0.2, 0.25) is 0 Å². The highest BCUT2D eigenvalue weighted by molar-refractivity contribution is 7.75. The number of thiol groups is 4. The van der Waals surface area contributed by atoms with Gasteiger partial charge in [-0.3, -0.25) is 0 Å². The number of aldehydes is 1. The molecule has 0 N–H and O–H groups in total. The molecule has 2 heterocycles. The van der Waals surface area contributed by atoms with Crippen LogP contribution >= 0.6 is 51.6 Å². The predicted molar refractivity (Wildman–Crippen MR) is 176 cm³/mol. The van der Waals surface area contributed by atoms with Crippen LogP contribution in [-0.2, 0) is 35.7 Å². The molecule has 250 valence electrons. The maximum atomic E-state index is 11.9. The van der Waals surface area contributed by atoms with Crippen LogP contribution in [0.3, 0.4) is 0 Å². The summed E-state index contributed by atoms with van der Waals surface area (Å²) in [5, 5.41) is 0. The van der Waals surface area contributed by atoms with Crippen LogP contribution in [-0.4, -0.2) is 61.9 Å². The Morgan fingerprint density at radius 2 is 1.55 bits per heavy atom. The van der Waals surface area contributed by atoms with Gasteiger partial charge in [-0.1, -0.05) is 34.6 Å². The third-order valence-electron chi connectivity index (χ3n) is 15.1. The van der Waals surface area contributed by atoms with Crippen molar-refractivity contribution in [3.05, 3.63) is 0 Å². The molecule has 2 aliphatic heterocycles. The number of ether oxygens (including phenoxy) is 3. The van der Waals surface area contributed by atoms with E-state index in [1.165, 1.54) is 19.3 Å². The third-order valence-corrected chi connectivity index (χ3v) is 16.0. The van der Waals surface area contributed by atoms with Crippen molar-refractivity contribution in [1.82, 2.24) is 0 Å². The molecule has 0 aromatic rings. The van der Waals surface area contributed by atoms with Crippen LogP contribution in [0.5, 0.6) is 0 Å². The zero-order chi connectivity index (χ0) is 31.4. The van der Waals surface area contributed by atoms with Gasteiger partial charge in [0.15, 0.2) is 12.4 Å². The molecule has 0 amide bonds. The largest absolute Gasteiger partial charge is 0.364 e. The van der Waals surface area contributed by atoms with E-state index < -0.39 is 24.6 Å². The Bertz CT molecular complexity index is 1130. The molecular weight excluding hydrogens is 641 g/mol. The topological polar surface area (TPSA) is 81.7 Å². The van der Waals surface area contributed by atoms with Crippen LogP contribution < -0.4 is 0 Å². The zero-order valence-corrected chi connectivity index (χ0v) is 30.0. The number of carbonyl (C=O) groups excluding carboxylic acids is 1. The summed E-state index contributed by atoms with van der Waals surface area (Å²) in [7, 11) is 0. The molecule has 7 fully saturated rings. The van der Waals surface area contributed by atoms with Crippen molar-refractivity contribution in [3.8, 4) is 0 Å². The maximum absolute atomic E-state index is 11.9. The van der Waals surface area contributed by atoms with E-state index in [4.69, 9.17) is 30.9 Å². The second kappa shape index (κ2) is 11.4. The minimum absolute atomic E-state index is 0.000753. The van der Waals surface area contributed by atoms with Crippen molar-refractivity contribution in [3.63, 3.8) is 0 Å². The lowest BCUT2D eigenvalue weighted by molar-refractivity contribution is -0.288. The van der Waals surface area contributed by atoms with Gasteiger partial charge in [0.2, 0.25) is 0 Å². The fourth-order valence-corrected chi connectivity index (χ4v) is 14.1. The smallest absolute Gasteiger partial charge is 0.188 e. The SMILES string of the molecule is C[C@@H]1C[C@H](C=O)OC2C1[C@@]1(C)CC[C@@]34C[C@@]35CC[C@H](OC3OC[C@@H](OS)[C@H](OS)[C@H]3OS)C(C)(C)[C@@H]5CC[C@H]4[C@]1(C)[C@H]2OS. The Kier molecular flexibility index (Phi) is 8.64. The van der Waals surface area contributed by atoms with Crippen molar-refractivity contribution < 1.29 is 35.7 Å². The molecule has 0 aromatic heterocycles. The number of rotatable bonds is 7. The summed E-state index contributed by atoms with van der Waals surface area (Å²) in [6, 6.07) is 0.